The monoisotopic (exact) mass is 268 g/mol. The molecule has 0 aromatic carbocycles. The Morgan fingerprint density at radius 2 is 1.79 bits per heavy atom. The van der Waals surface area contributed by atoms with Gasteiger partial charge in [-0.2, -0.15) is 0 Å². The molecule has 0 radical (unpaired) electrons. The third-order valence-corrected chi connectivity index (χ3v) is 4.79. The minimum absolute atomic E-state index is 0.298. The van der Waals surface area contributed by atoms with Gasteiger partial charge in [-0.1, -0.05) is 0 Å². The van der Waals surface area contributed by atoms with E-state index in [1.54, 1.807) is 0 Å². The summed E-state index contributed by atoms with van der Waals surface area (Å²) in [6.07, 6.45) is 8.04. The average Bonchev–Trinajstić information content (AvgIpc) is 2.48. The zero-order chi connectivity index (χ0) is 13.7. The topological polar surface area (TPSA) is 43.8 Å². The molecule has 4 heteroatoms. The molecule has 2 rings (SSSR count). The molecule has 19 heavy (non-hydrogen) atoms. The molecular weight excluding hydrogens is 240 g/mol. The number of carbonyl (C=O) groups is 1. The van der Waals surface area contributed by atoms with Crippen LogP contribution in [0.3, 0.4) is 0 Å². The molecule has 1 amide bonds. The zero-order valence-corrected chi connectivity index (χ0v) is 12.2. The van der Waals surface area contributed by atoms with Crippen molar-refractivity contribution in [2.24, 2.45) is 5.92 Å². The van der Waals surface area contributed by atoms with Crippen LogP contribution in [-0.2, 0) is 4.79 Å². The molecule has 2 fully saturated rings. The number of likely N-dealkylation sites (N-methyl/N-ethyl adjacent to an activating group) is 1. The predicted molar refractivity (Wildman–Crippen MR) is 75.9 cm³/mol. The van der Waals surface area contributed by atoms with Gasteiger partial charge in [0.2, 0.25) is 5.91 Å². The van der Waals surface area contributed by atoms with Crippen molar-refractivity contribution in [1.82, 2.24) is 9.80 Å². The number of rotatable bonds is 4. The van der Waals surface area contributed by atoms with E-state index in [4.69, 9.17) is 5.11 Å². The molecule has 0 unspecified atom stereocenters. The first-order chi connectivity index (χ1) is 9.20. The van der Waals surface area contributed by atoms with Crippen LogP contribution in [0, 0.1) is 5.92 Å². The number of hydrogen-bond donors (Lipinski definition) is 1. The molecule has 1 N–H and O–H groups in total. The van der Waals surface area contributed by atoms with Gasteiger partial charge < -0.3 is 10.0 Å². The molecule has 0 aromatic heterocycles. The lowest BCUT2D eigenvalue weighted by Gasteiger charge is -2.35. The summed E-state index contributed by atoms with van der Waals surface area (Å²) in [7, 11) is 2.08. The minimum Gasteiger partial charge on any atom is -0.396 e. The number of carbonyl (C=O) groups excluding carboxylic acids is 1. The Bertz CT molecular complexity index is 282. The molecule has 1 aliphatic carbocycles. The second kappa shape index (κ2) is 7.25. The molecular formula is C15H28N2O2. The fourth-order valence-corrected chi connectivity index (χ4v) is 3.35. The first-order valence-corrected chi connectivity index (χ1v) is 7.79. The Hall–Kier alpha value is -0.610. The summed E-state index contributed by atoms with van der Waals surface area (Å²) < 4.78 is 0. The number of amides is 1. The van der Waals surface area contributed by atoms with E-state index in [0.717, 1.165) is 51.6 Å². The maximum absolute atomic E-state index is 12.2. The maximum Gasteiger partial charge on any atom is 0.236 e. The molecule has 110 valence electrons. The molecule has 1 saturated carbocycles. The van der Waals surface area contributed by atoms with Crippen LogP contribution >= 0.6 is 0 Å². The van der Waals surface area contributed by atoms with E-state index >= 15 is 0 Å². The molecule has 0 spiro atoms. The summed E-state index contributed by atoms with van der Waals surface area (Å²) in [6, 6.07) is 0.525. The van der Waals surface area contributed by atoms with Gasteiger partial charge in [-0.05, 0) is 57.9 Å². The first kappa shape index (κ1) is 14.8. The van der Waals surface area contributed by atoms with Gasteiger partial charge in [-0.25, -0.2) is 0 Å². The number of piperidine rings is 1. The SMILES string of the molecule is CN(CC(=O)N1CCCCC1)C1CCC(CO)CC1. The predicted octanol–water partition coefficient (Wildman–Crippen LogP) is 1.48. The summed E-state index contributed by atoms with van der Waals surface area (Å²) in [4.78, 5) is 16.5. The Morgan fingerprint density at radius 3 is 2.37 bits per heavy atom. The fourth-order valence-electron chi connectivity index (χ4n) is 3.35. The van der Waals surface area contributed by atoms with Gasteiger partial charge >= 0.3 is 0 Å². The van der Waals surface area contributed by atoms with E-state index in [-0.39, 0.29) is 0 Å². The largest absolute Gasteiger partial charge is 0.396 e. The lowest BCUT2D eigenvalue weighted by molar-refractivity contribution is -0.133. The van der Waals surface area contributed by atoms with E-state index < -0.39 is 0 Å². The molecule has 4 nitrogen and oxygen atoms in total. The third-order valence-electron chi connectivity index (χ3n) is 4.79. The van der Waals surface area contributed by atoms with Crippen molar-refractivity contribution in [3.63, 3.8) is 0 Å². The van der Waals surface area contributed by atoms with E-state index in [1.807, 2.05) is 4.90 Å². The quantitative estimate of drug-likeness (QED) is 0.840. The number of nitrogens with zero attached hydrogens (tertiary/aromatic N) is 2. The molecule has 1 heterocycles. The van der Waals surface area contributed by atoms with Gasteiger partial charge in [0.25, 0.3) is 0 Å². The number of likely N-dealkylation sites (tertiary alicyclic amines) is 1. The molecule has 0 atom stereocenters. The summed E-state index contributed by atoms with van der Waals surface area (Å²) in [5.74, 6) is 0.786. The Morgan fingerprint density at radius 1 is 1.16 bits per heavy atom. The molecule has 1 saturated heterocycles. The average molecular weight is 268 g/mol. The number of hydrogen-bond acceptors (Lipinski definition) is 3. The van der Waals surface area contributed by atoms with Gasteiger partial charge in [-0.3, -0.25) is 9.69 Å². The molecule has 0 aromatic rings. The van der Waals surface area contributed by atoms with Crippen LogP contribution in [0.1, 0.15) is 44.9 Å². The second-order valence-corrected chi connectivity index (χ2v) is 6.21. The van der Waals surface area contributed by atoms with Crippen LogP contribution < -0.4 is 0 Å². The van der Waals surface area contributed by atoms with E-state index in [2.05, 4.69) is 11.9 Å². The standard InChI is InChI=1S/C15H28N2O2/c1-16(14-7-5-13(12-18)6-8-14)11-15(19)17-9-3-2-4-10-17/h13-14,18H,2-12H2,1H3. The van der Waals surface area contributed by atoms with Gasteiger partial charge in [0.1, 0.15) is 0 Å². The van der Waals surface area contributed by atoms with Crippen molar-refractivity contribution in [2.75, 3.05) is 33.3 Å². The second-order valence-electron chi connectivity index (χ2n) is 6.21. The number of aliphatic hydroxyl groups is 1. The smallest absolute Gasteiger partial charge is 0.236 e. The highest BCUT2D eigenvalue weighted by atomic mass is 16.3. The van der Waals surface area contributed by atoms with E-state index in [9.17, 15) is 4.79 Å². The molecule has 1 aliphatic heterocycles. The normalized spacial score (nSPS) is 28.7. The van der Waals surface area contributed by atoms with Crippen molar-refractivity contribution in [1.29, 1.82) is 0 Å². The van der Waals surface area contributed by atoms with Gasteiger partial charge in [0.05, 0.1) is 6.54 Å². The zero-order valence-electron chi connectivity index (χ0n) is 12.2. The van der Waals surface area contributed by atoms with Gasteiger partial charge in [0.15, 0.2) is 0 Å². The van der Waals surface area contributed by atoms with Crippen LogP contribution in [0.4, 0.5) is 0 Å². The van der Waals surface area contributed by atoms with Crippen molar-refractivity contribution < 1.29 is 9.90 Å². The highest BCUT2D eigenvalue weighted by Crippen LogP contribution is 2.26. The van der Waals surface area contributed by atoms with Crippen molar-refractivity contribution in [2.45, 2.75) is 51.0 Å². The van der Waals surface area contributed by atoms with Crippen molar-refractivity contribution in [3.05, 3.63) is 0 Å². The van der Waals surface area contributed by atoms with E-state index in [0.29, 0.717) is 31.0 Å². The van der Waals surface area contributed by atoms with Crippen LogP contribution in [0.2, 0.25) is 0 Å². The number of aliphatic hydroxyl groups excluding tert-OH is 1. The molecule has 0 bridgehead atoms. The highest BCUT2D eigenvalue weighted by molar-refractivity contribution is 5.78. The van der Waals surface area contributed by atoms with Crippen LogP contribution in [-0.4, -0.2) is 60.1 Å². The minimum atomic E-state index is 0.298. The van der Waals surface area contributed by atoms with Crippen molar-refractivity contribution >= 4 is 5.91 Å². The Kier molecular flexibility index (Phi) is 5.64. The van der Waals surface area contributed by atoms with Gasteiger partial charge in [0, 0.05) is 25.7 Å². The summed E-state index contributed by atoms with van der Waals surface area (Å²) >= 11 is 0. The van der Waals surface area contributed by atoms with Crippen LogP contribution in [0.5, 0.6) is 0 Å². The van der Waals surface area contributed by atoms with Crippen LogP contribution in [0.25, 0.3) is 0 Å². The molecule has 2 aliphatic rings. The lowest BCUT2D eigenvalue weighted by atomic mass is 9.86. The Balaban J connectivity index is 1.74. The summed E-state index contributed by atoms with van der Waals surface area (Å²) in [6.45, 7) is 2.78. The third kappa shape index (κ3) is 4.18. The maximum atomic E-state index is 12.2. The van der Waals surface area contributed by atoms with Crippen molar-refractivity contribution in [3.8, 4) is 0 Å². The van der Waals surface area contributed by atoms with Gasteiger partial charge in [-0.15, -0.1) is 0 Å². The Labute approximate surface area is 116 Å². The van der Waals surface area contributed by atoms with Crippen LogP contribution in [0.15, 0.2) is 0 Å². The summed E-state index contributed by atoms with van der Waals surface area (Å²) in [5.41, 5.74) is 0. The highest BCUT2D eigenvalue weighted by Gasteiger charge is 2.26. The summed E-state index contributed by atoms with van der Waals surface area (Å²) in [5, 5.41) is 9.16. The fraction of sp³-hybridized carbons (Fsp3) is 0.933. The first-order valence-electron chi connectivity index (χ1n) is 7.79. The van der Waals surface area contributed by atoms with E-state index in [1.165, 1.54) is 6.42 Å². The lowest BCUT2D eigenvalue weighted by Crippen LogP contribution is -2.45.